The number of thiophene rings is 1. The molecule has 0 saturated heterocycles. The molecule has 0 atom stereocenters. The number of halogens is 1. The van der Waals surface area contributed by atoms with Crippen LogP contribution in [0.2, 0.25) is 0 Å². The van der Waals surface area contributed by atoms with Crippen molar-refractivity contribution >= 4 is 41.2 Å². The van der Waals surface area contributed by atoms with Gasteiger partial charge in [0.2, 0.25) is 0 Å². The van der Waals surface area contributed by atoms with Gasteiger partial charge in [0.05, 0.1) is 0 Å². The Morgan fingerprint density at radius 1 is 1.29 bits per heavy atom. The second-order valence-electron chi connectivity index (χ2n) is 2.73. The van der Waals surface area contributed by atoms with Crippen molar-refractivity contribution in [2.24, 2.45) is 0 Å². The SMILES string of the molecule is O=S(=O)(Cl)c1cc2ccc(O)cc2s1. The van der Waals surface area contributed by atoms with Gasteiger partial charge in [0.25, 0.3) is 9.05 Å². The summed E-state index contributed by atoms with van der Waals surface area (Å²) in [5, 5.41) is 9.92. The van der Waals surface area contributed by atoms with Crippen LogP contribution in [0.5, 0.6) is 5.75 Å². The van der Waals surface area contributed by atoms with Crippen LogP contribution in [0.1, 0.15) is 0 Å². The lowest BCUT2D eigenvalue weighted by molar-refractivity contribution is 0.476. The van der Waals surface area contributed by atoms with Crippen LogP contribution in [-0.2, 0) is 9.05 Å². The summed E-state index contributed by atoms with van der Waals surface area (Å²) in [5.41, 5.74) is 0. The van der Waals surface area contributed by atoms with E-state index in [1.54, 1.807) is 6.07 Å². The number of hydrogen-bond acceptors (Lipinski definition) is 4. The molecule has 0 radical (unpaired) electrons. The molecule has 74 valence electrons. The minimum absolute atomic E-state index is 0.0970. The molecule has 0 spiro atoms. The van der Waals surface area contributed by atoms with Gasteiger partial charge >= 0.3 is 0 Å². The van der Waals surface area contributed by atoms with Gasteiger partial charge < -0.3 is 5.11 Å². The highest BCUT2D eigenvalue weighted by atomic mass is 35.7. The molecular formula is C8H5ClO3S2. The highest BCUT2D eigenvalue weighted by molar-refractivity contribution is 8.15. The Kier molecular flexibility index (Phi) is 2.17. The Morgan fingerprint density at radius 2 is 2.00 bits per heavy atom. The third-order valence-electron chi connectivity index (χ3n) is 1.72. The average molecular weight is 249 g/mol. The number of phenols is 1. The Morgan fingerprint density at radius 3 is 2.64 bits per heavy atom. The molecule has 0 amide bonds. The minimum Gasteiger partial charge on any atom is -0.508 e. The predicted molar refractivity (Wildman–Crippen MR) is 56.5 cm³/mol. The molecule has 3 nitrogen and oxygen atoms in total. The van der Waals surface area contributed by atoms with Crippen molar-refractivity contribution in [2.75, 3.05) is 0 Å². The number of rotatable bonds is 1. The molecular weight excluding hydrogens is 244 g/mol. The molecule has 0 aliphatic carbocycles. The van der Waals surface area contributed by atoms with Gasteiger partial charge in [-0.05, 0) is 29.7 Å². The zero-order valence-corrected chi connectivity index (χ0v) is 9.16. The Labute approximate surface area is 89.0 Å². The average Bonchev–Trinajstić information content (AvgIpc) is 2.45. The molecule has 1 heterocycles. The van der Waals surface area contributed by atoms with E-state index < -0.39 is 9.05 Å². The lowest BCUT2D eigenvalue weighted by Gasteiger charge is -1.89. The van der Waals surface area contributed by atoms with Gasteiger partial charge in [-0.15, -0.1) is 11.3 Å². The molecule has 1 aromatic carbocycles. The summed E-state index contributed by atoms with van der Waals surface area (Å²) in [6.07, 6.45) is 0. The first-order valence-electron chi connectivity index (χ1n) is 3.64. The summed E-state index contributed by atoms with van der Waals surface area (Å²) >= 11 is 1.04. The van der Waals surface area contributed by atoms with E-state index in [2.05, 4.69) is 0 Å². The van der Waals surface area contributed by atoms with Crippen LogP contribution >= 0.6 is 22.0 Å². The molecule has 14 heavy (non-hydrogen) atoms. The zero-order valence-electron chi connectivity index (χ0n) is 6.77. The van der Waals surface area contributed by atoms with Crippen molar-refractivity contribution in [2.45, 2.75) is 4.21 Å². The van der Waals surface area contributed by atoms with E-state index in [1.165, 1.54) is 18.2 Å². The number of aromatic hydroxyl groups is 1. The fraction of sp³-hybridized carbons (Fsp3) is 0. The van der Waals surface area contributed by atoms with E-state index in [4.69, 9.17) is 15.8 Å². The van der Waals surface area contributed by atoms with Crippen molar-refractivity contribution in [3.05, 3.63) is 24.3 Å². The number of hydrogen-bond donors (Lipinski definition) is 1. The minimum atomic E-state index is -3.67. The smallest absolute Gasteiger partial charge is 0.270 e. The molecule has 1 N–H and O–H groups in total. The van der Waals surface area contributed by atoms with Gasteiger partial charge in [-0.2, -0.15) is 0 Å². The maximum atomic E-state index is 11.0. The number of fused-ring (bicyclic) bond motifs is 1. The van der Waals surface area contributed by atoms with Gasteiger partial charge in [-0.3, -0.25) is 0 Å². The summed E-state index contributed by atoms with van der Waals surface area (Å²) in [6, 6.07) is 6.14. The van der Waals surface area contributed by atoms with Crippen molar-refractivity contribution in [1.29, 1.82) is 0 Å². The molecule has 0 bridgehead atoms. The molecule has 1 aromatic heterocycles. The lowest BCUT2D eigenvalue weighted by atomic mass is 10.2. The van der Waals surface area contributed by atoms with E-state index in [1.807, 2.05) is 0 Å². The van der Waals surface area contributed by atoms with Crippen molar-refractivity contribution in [3.8, 4) is 5.75 Å². The Balaban J connectivity index is 2.75. The summed E-state index contributed by atoms with van der Waals surface area (Å²) in [6.45, 7) is 0. The molecule has 2 aromatic rings. The van der Waals surface area contributed by atoms with Crippen molar-refractivity contribution < 1.29 is 13.5 Å². The van der Waals surface area contributed by atoms with Crippen LogP contribution < -0.4 is 0 Å². The van der Waals surface area contributed by atoms with Crippen molar-refractivity contribution in [3.63, 3.8) is 0 Å². The van der Waals surface area contributed by atoms with Gasteiger partial charge in [0.1, 0.15) is 9.96 Å². The molecule has 0 aliphatic rings. The normalized spacial score (nSPS) is 12.1. The summed E-state index contributed by atoms with van der Waals surface area (Å²) in [5.74, 6) is 0.109. The van der Waals surface area contributed by atoms with Crippen LogP contribution in [0.4, 0.5) is 0 Å². The highest BCUT2D eigenvalue weighted by Crippen LogP contribution is 2.32. The first-order chi connectivity index (χ1) is 6.47. The fourth-order valence-corrected chi connectivity index (χ4v) is 3.30. The topological polar surface area (TPSA) is 54.4 Å². The summed E-state index contributed by atoms with van der Waals surface area (Å²) in [7, 11) is 1.52. The Bertz CT molecular complexity index is 586. The van der Waals surface area contributed by atoms with Crippen LogP contribution in [-0.4, -0.2) is 13.5 Å². The maximum Gasteiger partial charge on any atom is 0.270 e. The zero-order chi connectivity index (χ0) is 10.3. The van der Waals surface area contributed by atoms with Gasteiger partial charge in [0, 0.05) is 15.4 Å². The third-order valence-corrected chi connectivity index (χ3v) is 4.89. The molecule has 0 aliphatic heterocycles. The largest absolute Gasteiger partial charge is 0.508 e. The highest BCUT2D eigenvalue weighted by Gasteiger charge is 2.13. The van der Waals surface area contributed by atoms with Crippen LogP contribution in [0.15, 0.2) is 28.5 Å². The van der Waals surface area contributed by atoms with E-state index in [0.717, 1.165) is 16.7 Å². The predicted octanol–water partition coefficient (Wildman–Crippen LogP) is 2.53. The van der Waals surface area contributed by atoms with Crippen molar-refractivity contribution in [1.82, 2.24) is 0 Å². The van der Waals surface area contributed by atoms with E-state index in [-0.39, 0.29) is 9.96 Å². The second-order valence-corrected chi connectivity index (χ2v) is 6.60. The third kappa shape index (κ3) is 1.70. The standard InChI is InChI=1S/C8H5ClO3S2/c9-14(11,12)8-3-5-1-2-6(10)4-7(5)13-8/h1-4,10H. The van der Waals surface area contributed by atoms with Crippen LogP contribution in [0.25, 0.3) is 10.1 Å². The number of phenolic OH excluding ortho intramolecular Hbond substituents is 1. The first kappa shape index (κ1) is 9.76. The summed E-state index contributed by atoms with van der Waals surface area (Å²) < 4.78 is 22.8. The van der Waals surface area contributed by atoms with Crippen LogP contribution in [0, 0.1) is 0 Å². The molecule has 0 fully saturated rings. The maximum absolute atomic E-state index is 11.0. The quantitative estimate of drug-likeness (QED) is 0.789. The Hall–Kier alpha value is -0.780. The summed E-state index contributed by atoms with van der Waals surface area (Å²) in [4.78, 5) is 0. The molecule has 2 rings (SSSR count). The molecule has 0 saturated carbocycles. The fourth-order valence-electron chi connectivity index (χ4n) is 1.12. The monoisotopic (exact) mass is 248 g/mol. The molecule has 6 heteroatoms. The van der Waals surface area contributed by atoms with E-state index >= 15 is 0 Å². The van der Waals surface area contributed by atoms with E-state index in [0.29, 0.717) is 4.70 Å². The van der Waals surface area contributed by atoms with Gasteiger partial charge in [0.15, 0.2) is 0 Å². The van der Waals surface area contributed by atoms with Gasteiger partial charge in [-0.25, -0.2) is 8.42 Å². The van der Waals surface area contributed by atoms with Crippen LogP contribution in [0.3, 0.4) is 0 Å². The van der Waals surface area contributed by atoms with E-state index in [9.17, 15) is 8.42 Å². The number of benzene rings is 1. The molecule has 0 unspecified atom stereocenters. The second kappa shape index (κ2) is 3.12. The lowest BCUT2D eigenvalue weighted by Crippen LogP contribution is -1.83. The van der Waals surface area contributed by atoms with Gasteiger partial charge in [-0.1, -0.05) is 0 Å². The first-order valence-corrected chi connectivity index (χ1v) is 6.76.